The van der Waals surface area contributed by atoms with Crippen LogP contribution in [0.5, 0.6) is 5.75 Å². The highest BCUT2D eigenvalue weighted by molar-refractivity contribution is 5.46. The van der Waals surface area contributed by atoms with Gasteiger partial charge in [0.05, 0.1) is 0 Å². The zero-order chi connectivity index (χ0) is 10.8. The molecule has 0 unspecified atom stereocenters. The van der Waals surface area contributed by atoms with Gasteiger partial charge in [-0.25, -0.2) is 0 Å². The molecule has 0 saturated heterocycles. The molecule has 1 N–H and O–H groups in total. The molecule has 0 radical (unpaired) electrons. The molecule has 0 bridgehead atoms. The van der Waals surface area contributed by atoms with E-state index >= 15 is 0 Å². The molecule has 1 aromatic rings. The average Bonchev–Trinajstić information content (AvgIpc) is 2.71. The topological polar surface area (TPSA) is 20.2 Å². The SMILES string of the molecule is CCc1ccc(O)c(C2CCCC2)c1C. The third-order valence-corrected chi connectivity index (χ3v) is 3.75. The van der Waals surface area contributed by atoms with E-state index in [9.17, 15) is 5.11 Å². The van der Waals surface area contributed by atoms with Gasteiger partial charge in [-0.3, -0.25) is 0 Å². The van der Waals surface area contributed by atoms with Gasteiger partial charge in [0.15, 0.2) is 0 Å². The van der Waals surface area contributed by atoms with Crippen molar-refractivity contribution in [1.29, 1.82) is 0 Å². The zero-order valence-electron chi connectivity index (χ0n) is 9.71. The molecule has 1 fully saturated rings. The third kappa shape index (κ3) is 1.88. The normalized spacial score (nSPS) is 17.2. The summed E-state index contributed by atoms with van der Waals surface area (Å²) >= 11 is 0. The fourth-order valence-corrected chi connectivity index (χ4v) is 2.87. The largest absolute Gasteiger partial charge is 0.508 e. The minimum atomic E-state index is 0.511. The molecule has 1 aliphatic carbocycles. The molecule has 0 amide bonds. The summed E-state index contributed by atoms with van der Waals surface area (Å²) in [6, 6.07) is 3.93. The summed E-state index contributed by atoms with van der Waals surface area (Å²) in [6.07, 6.45) is 6.20. The first-order chi connectivity index (χ1) is 7.24. The van der Waals surface area contributed by atoms with Gasteiger partial charge in [0.2, 0.25) is 0 Å². The molecule has 0 spiro atoms. The Morgan fingerprint density at radius 1 is 1.27 bits per heavy atom. The lowest BCUT2D eigenvalue weighted by Crippen LogP contribution is -2.00. The van der Waals surface area contributed by atoms with Crippen LogP contribution in [0.4, 0.5) is 0 Å². The Morgan fingerprint density at radius 3 is 2.53 bits per heavy atom. The van der Waals surface area contributed by atoms with E-state index in [0.717, 1.165) is 6.42 Å². The Morgan fingerprint density at radius 2 is 1.93 bits per heavy atom. The second kappa shape index (κ2) is 4.26. The number of phenolic OH excluding ortho intramolecular Hbond substituents is 1. The maximum atomic E-state index is 9.97. The fraction of sp³-hybridized carbons (Fsp3) is 0.571. The first-order valence-electron chi connectivity index (χ1n) is 6.05. The van der Waals surface area contributed by atoms with Gasteiger partial charge in [-0.05, 0) is 49.3 Å². The van der Waals surface area contributed by atoms with Gasteiger partial charge in [0.1, 0.15) is 5.75 Å². The van der Waals surface area contributed by atoms with Gasteiger partial charge in [-0.2, -0.15) is 0 Å². The van der Waals surface area contributed by atoms with Crippen LogP contribution in [0.3, 0.4) is 0 Å². The van der Waals surface area contributed by atoms with Crippen LogP contribution in [0.2, 0.25) is 0 Å². The molecule has 2 rings (SSSR count). The van der Waals surface area contributed by atoms with Crippen LogP contribution in [0.15, 0.2) is 12.1 Å². The molecule has 15 heavy (non-hydrogen) atoms. The summed E-state index contributed by atoms with van der Waals surface area (Å²) in [5, 5.41) is 9.97. The summed E-state index contributed by atoms with van der Waals surface area (Å²) in [7, 11) is 0. The summed E-state index contributed by atoms with van der Waals surface area (Å²) in [4.78, 5) is 0. The van der Waals surface area contributed by atoms with Crippen molar-refractivity contribution in [3.05, 3.63) is 28.8 Å². The van der Waals surface area contributed by atoms with Crippen molar-refractivity contribution >= 4 is 0 Å². The Bertz CT molecular complexity index is 349. The standard InChI is InChI=1S/C14H20O/c1-3-11-8-9-13(15)14(10(11)2)12-6-4-5-7-12/h8-9,12,15H,3-7H2,1-2H3. The van der Waals surface area contributed by atoms with E-state index in [-0.39, 0.29) is 0 Å². The van der Waals surface area contributed by atoms with E-state index in [1.165, 1.54) is 42.4 Å². The van der Waals surface area contributed by atoms with Crippen LogP contribution in [0, 0.1) is 6.92 Å². The Kier molecular flexibility index (Phi) is 2.99. The van der Waals surface area contributed by atoms with Crippen LogP contribution < -0.4 is 0 Å². The van der Waals surface area contributed by atoms with Crippen molar-refractivity contribution in [2.75, 3.05) is 0 Å². The highest BCUT2D eigenvalue weighted by Crippen LogP contribution is 2.40. The molecule has 0 aromatic heterocycles. The van der Waals surface area contributed by atoms with Crippen molar-refractivity contribution < 1.29 is 5.11 Å². The maximum absolute atomic E-state index is 9.97. The van der Waals surface area contributed by atoms with Crippen molar-refractivity contribution in [3.8, 4) is 5.75 Å². The number of rotatable bonds is 2. The second-order valence-electron chi connectivity index (χ2n) is 4.62. The fourth-order valence-electron chi connectivity index (χ4n) is 2.87. The average molecular weight is 204 g/mol. The molecular formula is C14H20O. The number of aryl methyl sites for hydroxylation is 1. The molecule has 0 heterocycles. The number of hydrogen-bond acceptors (Lipinski definition) is 1. The zero-order valence-corrected chi connectivity index (χ0v) is 9.71. The van der Waals surface area contributed by atoms with E-state index in [1.54, 1.807) is 0 Å². The van der Waals surface area contributed by atoms with Gasteiger partial charge in [-0.1, -0.05) is 25.8 Å². The second-order valence-corrected chi connectivity index (χ2v) is 4.62. The Labute approximate surface area is 92.1 Å². The summed E-state index contributed by atoms with van der Waals surface area (Å²) in [6.45, 7) is 4.34. The van der Waals surface area contributed by atoms with E-state index < -0.39 is 0 Å². The number of aromatic hydroxyl groups is 1. The van der Waals surface area contributed by atoms with Crippen molar-refractivity contribution in [3.63, 3.8) is 0 Å². The Balaban J connectivity index is 2.43. The lowest BCUT2D eigenvalue weighted by atomic mass is 9.89. The molecule has 1 saturated carbocycles. The lowest BCUT2D eigenvalue weighted by Gasteiger charge is -2.17. The summed E-state index contributed by atoms with van der Waals surface area (Å²) in [5.74, 6) is 1.12. The van der Waals surface area contributed by atoms with Gasteiger partial charge >= 0.3 is 0 Å². The van der Waals surface area contributed by atoms with Gasteiger partial charge < -0.3 is 5.11 Å². The summed E-state index contributed by atoms with van der Waals surface area (Å²) in [5.41, 5.74) is 3.94. The minimum Gasteiger partial charge on any atom is -0.508 e. The van der Waals surface area contributed by atoms with E-state index in [2.05, 4.69) is 19.9 Å². The molecule has 1 aliphatic rings. The van der Waals surface area contributed by atoms with E-state index in [4.69, 9.17) is 0 Å². The van der Waals surface area contributed by atoms with Crippen molar-refractivity contribution in [2.45, 2.75) is 51.9 Å². The quantitative estimate of drug-likeness (QED) is 0.774. The lowest BCUT2D eigenvalue weighted by molar-refractivity contribution is 0.459. The molecule has 0 atom stereocenters. The first kappa shape index (κ1) is 10.5. The molecule has 1 nitrogen and oxygen atoms in total. The maximum Gasteiger partial charge on any atom is 0.119 e. The molecular weight excluding hydrogens is 184 g/mol. The molecule has 82 valence electrons. The monoisotopic (exact) mass is 204 g/mol. The first-order valence-corrected chi connectivity index (χ1v) is 6.05. The number of phenols is 1. The van der Waals surface area contributed by atoms with Crippen LogP contribution in [-0.2, 0) is 6.42 Å². The Hall–Kier alpha value is -0.980. The van der Waals surface area contributed by atoms with Crippen LogP contribution in [0.25, 0.3) is 0 Å². The van der Waals surface area contributed by atoms with Crippen LogP contribution in [-0.4, -0.2) is 5.11 Å². The van der Waals surface area contributed by atoms with Crippen LogP contribution in [0.1, 0.15) is 55.2 Å². The summed E-state index contributed by atoms with van der Waals surface area (Å²) < 4.78 is 0. The highest BCUT2D eigenvalue weighted by atomic mass is 16.3. The predicted molar refractivity (Wildman–Crippen MR) is 63.4 cm³/mol. The minimum absolute atomic E-state index is 0.511. The van der Waals surface area contributed by atoms with E-state index in [1.807, 2.05) is 6.07 Å². The molecule has 1 aromatic carbocycles. The number of benzene rings is 1. The van der Waals surface area contributed by atoms with Crippen LogP contribution >= 0.6 is 0 Å². The predicted octanol–water partition coefficient (Wildman–Crippen LogP) is 3.92. The van der Waals surface area contributed by atoms with E-state index in [0.29, 0.717) is 11.7 Å². The van der Waals surface area contributed by atoms with Crippen molar-refractivity contribution in [1.82, 2.24) is 0 Å². The van der Waals surface area contributed by atoms with Gasteiger partial charge in [0, 0.05) is 5.56 Å². The highest BCUT2D eigenvalue weighted by Gasteiger charge is 2.22. The van der Waals surface area contributed by atoms with Gasteiger partial charge in [-0.15, -0.1) is 0 Å². The number of hydrogen-bond donors (Lipinski definition) is 1. The van der Waals surface area contributed by atoms with Crippen molar-refractivity contribution in [2.24, 2.45) is 0 Å². The smallest absolute Gasteiger partial charge is 0.119 e. The molecule has 1 heteroatoms. The third-order valence-electron chi connectivity index (χ3n) is 3.75. The molecule has 0 aliphatic heterocycles. The van der Waals surface area contributed by atoms with Gasteiger partial charge in [0.25, 0.3) is 0 Å².